The van der Waals surface area contributed by atoms with Gasteiger partial charge in [0.15, 0.2) is 5.84 Å². The van der Waals surface area contributed by atoms with Crippen molar-refractivity contribution < 1.29 is 4.79 Å². The van der Waals surface area contributed by atoms with Gasteiger partial charge in [0.05, 0.1) is 11.3 Å². The van der Waals surface area contributed by atoms with E-state index in [0.717, 1.165) is 44.2 Å². The highest BCUT2D eigenvalue weighted by atomic mass is 32.2. The number of aromatic nitrogens is 1. The summed E-state index contributed by atoms with van der Waals surface area (Å²) in [6.07, 6.45) is 1.76. The molecule has 0 atom stereocenters. The van der Waals surface area contributed by atoms with Crippen LogP contribution in [0.5, 0.6) is 0 Å². The molecule has 7 heteroatoms. The van der Waals surface area contributed by atoms with E-state index >= 15 is 0 Å². The summed E-state index contributed by atoms with van der Waals surface area (Å²) in [6, 6.07) is 24.6. The summed E-state index contributed by atoms with van der Waals surface area (Å²) in [5.74, 6) is -0.383. The normalized spacial score (nSPS) is 16.5. The first-order chi connectivity index (χ1) is 17.4. The van der Waals surface area contributed by atoms with Gasteiger partial charge < -0.3 is 4.57 Å². The molecule has 0 radical (unpaired) electrons. The maximum Gasteiger partial charge on any atom is 0.283 e. The van der Waals surface area contributed by atoms with Gasteiger partial charge in [-0.3, -0.25) is 10.2 Å². The van der Waals surface area contributed by atoms with E-state index in [4.69, 9.17) is 5.41 Å². The number of nitrogens with zero attached hydrogens (tertiary/aromatic N) is 4. The third-order valence-corrected chi connectivity index (χ3v) is 7.55. The van der Waals surface area contributed by atoms with E-state index in [0.29, 0.717) is 5.17 Å². The van der Waals surface area contributed by atoms with Crippen molar-refractivity contribution >= 4 is 50.6 Å². The van der Waals surface area contributed by atoms with E-state index in [1.165, 1.54) is 22.2 Å². The molecule has 0 bridgehead atoms. The molecular formula is C29H23N5OS. The summed E-state index contributed by atoms with van der Waals surface area (Å²) < 4.78 is 2.19. The lowest BCUT2D eigenvalue weighted by Gasteiger charge is -2.20. The van der Waals surface area contributed by atoms with Gasteiger partial charge >= 0.3 is 0 Å². The molecule has 1 aromatic heterocycles. The Morgan fingerprint density at radius 3 is 2.53 bits per heavy atom. The van der Waals surface area contributed by atoms with E-state index in [-0.39, 0.29) is 11.4 Å². The average Bonchev–Trinajstić information content (AvgIpc) is 3.42. The van der Waals surface area contributed by atoms with Crippen LogP contribution in [-0.2, 0) is 4.79 Å². The fraction of sp³-hybridized carbons (Fsp3) is 0.103. The van der Waals surface area contributed by atoms with Crippen LogP contribution in [0.1, 0.15) is 28.1 Å². The number of hydrogen-bond donors (Lipinski definition) is 1. The summed E-state index contributed by atoms with van der Waals surface area (Å²) >= 11 is 1.32. The van der Waals surface area contributed by atoms with Crippen LogP contribution in [0.2, 0.25) is 0 Å². The van der Waals surface area contributed by atoms with E-state index in [9.17, 15) is 4.79 Å². The average molecular weight is 490 g/mol. The maximum absolute atomic E-state index is 13.0. The second kappa shape index (κ2) is 8.46. The van der Waals surface area contributed by atoms with Gasteiger partial charge in [-0.15, -0.1) is 0 Å². The number of thioether (sulfide) groups is 1. The van der Waals surface area contributed by atoms with Gasteiger partial charge in [0.25, 0.3) is 5.91 Å². The Morgan fingerprint density at radius 2 is 1.69 bits per heavy atom. The van der Waals surface area contributed by atoms with Gasteiger partial charge in [-0.05, 0) is 67.3 Å². The monoisotopic (exact) mass is 489 g/mol. The molecule has 1 amide bonds. The first-order valence-electron chi connectivity index (χ1n) is 11.7. The predicted molar refractivity (Wildman–Crippen MR) is 148 cm³/mol. The summed E-state index contributed by atoms with van der Waals surface area (Å²) in [5.41, 5.74) is 6.29. The fourth-order valence-corrected chi connectivity index (χ4v) is 5.76. The molecular weight excluding hydrogens is 466 g/mol. The SMILES string of the molecule is Cc1ccccc1C1=NN2C(=N)/C(=C\c3cc(C)n(-c4cccc5ccccc45)c3C)C(=O)N=C2S1. The molecule has 2 aliphatic rings. The molecule has 0 fully saturated rings. The zero-order chi connectivity index (χ0) is 25.0. The Bertz CT molecular complexity index is 1690. The van der Waals surface area contributed by atoms with Crippen LogP contribution in [0.4, 0.5) is 0 Å². The number of amides is 1. The zero-order valence-corrected chi connectivity index (χ0v) is 20.9. The number of aryl methyl sites for hydroxylation is 2. The van der Waals surface area contributed by atoms with Gasteiger partial charge in [0, 0.05) is 22.3 Å². The number of hydrazone groups is 1. The Morgan fingerprint density at radius 1 is 0.944 bits per heavy atom. The highest BCUT2D eigenvalue weighted by Crippen LogP contribution is 2.33. The van der Waals surface area contributed by atoms with Crippen LogP contribution in [-0.4, -0.2) is 31.5 Å². The largest absolute Gasteiger partial charge is 0.317 e. The van der Waals surface area contributed by atoms with Crippen LogP contribution >= 0.6 is 11.8 Å². The molecule has 3 aromatic carbocycles. The molecule has 0 saturated carbocycles. The molecule has 0 spiro atoms. The summed E-state index contributed by atoms with van der Waals surface area (Å²) in [7, 11) is 0. The maximum atomic E-state index is 13.0. The minimum Gasteiger partial charge on any atom is -0.317 e. The van der Waals surface area contributed by atoms with Gasteiger partial charge in [0.1, 0.15) is 5.04 Å². The number of aliphatic imine (C=N–C) groups is 1. The minimum atomic E-state index is -0.421. The number of carbonyl (C=O) groups is 1. The molecule has 3 heterocycles. The molecule has 36 heavy (non-hydrogen) atoms. The number of nitrogens with one attached hydrogen (secondary N) is 1. The summed E-state index contributed by atoms with van der Waals surface area (Å²) in [5, 5.41) is 18.4. The number of amidine groups is 2. The Labute approximate surface area is 213 Å². The summed E-state index contributed by atoms with van der Waals surface area (Å²) in [4.78, 5) is 17.3. The number of carbonyl (C=O) groups excluding carboxylic acids is 1. The van der Waals surface area contributed by atoms with Crippen LogP contribution in [0.25, 0.3) is 22.5 Å². The van der Waals surface area contributed by atoms with E-state index < -0.39 is 5.91 Å². The van der Waals surface area contributed by atoms with E-state index in [2.05, 4.69) is 51.9 Å². The van der Waals surface area contributed by atoms with Crippen LogP contribution in [0.15, 0.2) is 88.5 Å². The summed E-state index contributed by atoms with van der Waals surface area (Å²) in [6.45, 7) is 6.11. The van der Waals surface area contributed by atoms with E-state index in [1.807, 2.05) is 56.3 Å². The highest BCUT2D eigenvalue weighted by Gasteiger charge is 2.36. The number of fused-ring (bicyclic) bond motifs is 2. The second-order valence-electron chi connectivity index (χ2n) is 8.90. The van der Waals surface area contributed by atoms with Gasteiger partial charge in [-0.1, -0.05) is 60.7 Å². The number of benzene rings is 3. The van der Waals surface area contributed by atoms with Crippen molar-refractivity contribution in [3.05, 3.63) is 106 Å². The first kappa shape index (κ1) is 22.2. The van der Waals surface area contributed by atoms with Crippen molar-refractivity contribution in [3.63, 3.8) is 0 Å². The van der Waals surface area contributed by atoms with Crippen LogP contribution in [0, 0.1) is 26.2 Å². The predicted octanol–water partition coefficient (Wildman–Crippen LogP) is 6.22. The topological polar surface area (TPSA) is 73.8 Å². The number of rotatable bonds is 3. The van der Waals surface area contributed by atoms with Crippen molar-refractivity contribution in [2.24, 2.45) is 10.1 Å². The van der Waals surface area contributed by atoms with Crippen LogP contribution in [0.3, 0.4) is 0 Å². The molecule has 4 aromatic rings. The highest BCUT2D eigenvalue weighted by molar-refractivity contribution is 8.27. The minimum absolute atomic E-state index is 0.0380. The van der Waals surface area contributed by atoms with Crippen molar-refractivity contribution in [2.45, 2.75) is 20.8 Å². The lowest BCUT2D eigenvalue weighted by Crippen LogP contribution is -2.35. The van der Waals surface area contributed by atoms with Gasteiger partial charge in [-0.2, -0.15) is 15.1 Å². The van der Waals surface area contributed by atoms with Crippen LogP contribution < -0.4 is 0 Å². The van der Waals surface area contributed by atoms with Crippen molar-refractivity contribution in [1.29, 1.82) is 5.41 Å². The Balaban J connectivity index is 1.40. The molecule has 6 rings (SSSR count). The zero-order valence-electron chi connectivity index (χ0n) is 20.1. The van der Waals surface area contributed by atoms with Crippen molar-refractivity contribution in [2.75, 3.05) is 0 Å². The fourth-order valence-electron chi connectivity index (χ4n) is 4.78. The quantitative estimate of drug-likeness (QED) is 0.347. The molecule has 2 aliphatic heterocycles. The standard InChI is InChI=1S/C29H23N5OS/c1-17-9-4-6-12-22(17)28-32-34-26(30)24(27(35)31-29(34)36-28)16-21-15-18(2)33(19(21)3)25-14-8-11-20-10-5-7-13-23(20)25/h4-16,30H,1-3H3/b24-16+,30-26?. The Hall–Kier alpha value is -4.23. The van der Waals surface area contributed by atoms with Gasteiger partial charge in [0.2, 0.25) is 5.17 Å². The molecule has 0 aliphatic carbocycles. The first-order valence-corrected chi connectivity index (χ1v) is 12.5. The lowest BCUT2D eigenvalue weighted by atomic mass is 10.1. The molecule has 6 nitrogen and oxygen atoms in total. The smallest absolute Gasteiger partial charge is 0.283 e. The molecule has 176 valence electrons. The molecule has 0 unspecified atom stereocenters. The molecule has 1 N–H and O–H groups in total. The van der Waals surface area contributed by atoms with Crippen molar-refractivity contribution in [3.8, 4) is 5.69 Å². The van der Waals surface area contributed by atoms with Gasteiger partial charge in [-0.25, -0.2) is 0 Å². The molecule has 0 saturated heterocycles. The third kappa shape index (κ3) is 3.51. The van der Waals surface area contributed by atoms with E-state index in [1.54, 1.807) is 6.08 Å². The lowest BCUT2D eigenvalue weighted by molar-refractivity contribution is -0.114. The van der Waals surface area contributed by atoms with Crippen molar-refractivity contribution in [1.82, 2.24) is 9.58 Å². The second-order valence-corrected chi connectivity index (χ2v) is 9.86. The Kier molecular flexibility index (Phi) is 5.23. The third-order valence-electron chi connectivity index (χ3n) is 6.61. The number of hydrogen-bond acceptors (Lipinski definition) is 4.